The Morgan fingerprint density at radius 1 is 1.05 bits per heavy atom. The highest BCUT2D eigenvalue weighted by Gasteiger charge is 2.16. The van der Waals surface area contributed by atoms with Crippen LogP contribution in [0.15, 0.2) is 36.4 Å². The molecule has 0 atom stereocenters. The van der Waals surface area contributed by atoms with Gasteiger partial charge < -0.3 is 10.4 Å². The van der Waals surface area contributed by atoms with Gasteiger partial charge in [-0.1, -0.05) is 23.7 Å². The lowest BCUT2D eigenvalue weighted by atomic mass is 10.1. The number of benzene rings is 2. The molecule has 2 rings (SSSR count). The van der Waals surface area contributed by atoms with E-state index in [9.17, 15) is 14.7 Å². The van der Waals surface area contributed by atoms with Crippen molar-refractivity contribution >= 4 is 29.2 Å². The zero-order valence-corrected chi connectivity index (χ0v) is 12.4. The average Bonchev–Trinajstić information content (AvgIpc) is 2.40. The molecule has 0 aliphatic carbocycles. The van der Waals surface area contributed by atoms with E-state index in [0.717, 1.165) is 5.56 Å². The van der Waals surface area contributed by atoms with Gasteiger partial charge in [0.25, 0.3) is 5.91 Å². The van der Waals surface area contributed by atoms with Crippen molar-refractivity contribution in [2.75, 3.05) is 5.32 Å². The fraction of sp³-hybridized carbons (Fsp3) is 0.125. The summed E-state index contributed by atoms with van der Waals surface area (Å²) < 4.78 is 0. The Balaban J connectivity index is 2.38. The zero-order chi connectivity index (χ0) is 15.6. The molecule has 5 heteroatoms. The molecule has 0 fully saturated rings. The van der Waals surface area contributed by atoms with Gasteiger partial charge >= 0.3 is 5.97 Å². The van der Waals surface area contributed by atoms with Gasteiger partial charge in [-0.15, -0.1) is 0 Å². The fourth-order valence-corrected chi connectivity index (χ4v) is 2.30. The van der Waals surface area contributed by atoms with Gasteiger partial charge in [0.1, 0.15) is 0 Å². The highest BCUT2D eigenvalue weighted by Crippen LogP contribution is 2.23. The molecule has 2 N–H and O–H groups in total. The molecule has 0 aromatic heterocycles. The molecule has 2 aromatic carbocycles. The predicted molar refractivity (Wildman–Crippen MR) is 82.3 cm³/mol. The molecule has 0 spiro atoms. The van der Waals surface area contributed by atoms with E-state index in [1.54, 1.807) is 44.2 Å². The third-order valence-electron chi connectivity index (χ3n) is 3.17. The largest absolute Gasteiger partial charge is 0.478 e. The molecule has 4 nitrogen and oxygen atoms in total. The maximum absolute atomic E-state index is 12.3. The second-order valence-electron chi connectivity index (χ2n) is 4.72. The molecule has 108 valence electrons. The zero-order valence-electron chi connectivity index (χ0n) is 11.6. The quantitative estimate of drug-likeness (QED) is 0.903. The van der Waals surface area contributed by atoms with Crippen molar-refractivity contribution in [3.8, 4) is 0 Å². The second kappa shape index (κ2) is 5.97. The Morgan fingerprint density at radius 2 is 1.76 bits per heavy atom. The van der Waals surface area contributed by atoms with Gasteiger partial charge in [-0.05, 0) is 49.2 Å². The summed E-state index contributed by atoms with van der Waals surface area (Å²) >= 11 is 5.86. The Kier molecular flexibility index (Phi) is 4.29. The van der Waals surface area contributed by atoms with Crippen LogP contribution < -0.4 is 5.32 Å². The third kappa shape index (κ3) is 3.23. The smallest absolute Gasteiger partial charge is 0.337 e. The summed E-state index contributed by atoms with van der Waals surface area (Å²) in [5.74, 6) is -1.44. The lowest BCUT2D eigenvalue weighted by molar-refractivity contribution is 0.0698. The van der Waals surface area contributed by atoms with Crippen LogP contribution in [-0.4, -0.2) is 17.0 Å². The molecule has 0 bridgehead atoms. The summed E-state index contributed by atoms with van der Waals surface area (Å²) in [4.78, 5) is 23.6. The van der Waals surface area contributed by atoms with Crippen molar-refractivity contribution in [2.24, 2.45) is 0 Å². The van der Waals surface area contributed by atoms with E-state index in [1.165, 1.54) is 6.07 Å². The minimum Gasteiger partial charge on any atom is -0.478 e. The number of hydrogen-bond donors (Lipinski definition) is 2. The molecule has 0 unspecified atom stereocenters. The number of hydrogen-bond acceptors (Lipinski definition) is 2. The molecule has 1 amide bonds. The minimum atomic E-state index is -1.08. The summed E-state index contributed by atoms with van der Waals surface area (Å²) in [7, 11) is 0. The molecule has 0 aliphatic rings. The van der Waals surface area contributed by atoms with Crippen molar-refractivity contribution < 1.29 is 14.7 Å². The first kappa shape index (κ1) is 15.1. The molecule has 0 saturated heterocycles. The van der Waals surface area contributed by atoms with Crippen molar-refractivity contribution in [2.45, 2.75) is 13.8 Å². The molecular weight excluding hydrogens is 290 g/mol. The van der Waals surface area contributed by atoms with E-state index < -0.39 is 5.97 Å². The number of para-hydroxylation sites is 1. The van der Waals surface area contributed by atoms with Crippen LogP contribution >= 0.6 is 11.6 Å². The van der Waals surface area contributed by atoms with Gasteiger partial charge in [0.2, 0.25) is 0 Å². The van der Waals surface area contributed by atoms with Crippen LogP contribution in [0.5, 0.6) is 0 Å². The van der Waals surface area contributed by atoms with Crippen LogP contribution in [-0.2, 0) is 0 Å². The van der Waals surface area contributed by atoms with Crippen LogP contribution in [0.4, 0.5) is 5.69 Å². The van der Waals surface area contributed by atoms with E-state index in [-0.39, 0.29) is 11.5 Å². The summed E-state index contributed by atoms with van der Waals surface area (Å²) in [6.07, 6.45) is 0. The van der Waals surface area contributed by atoms with Crippen LogP contribution in [0, 0.1) is 13.8 Å². The van der Waals surface area contributed by atoms with Gasteiger partial charge in [0, 0.05) is 10.6 Å². The number of aryl methyl sites for hydroxylation is 2. The maximum atomic E-state index is 12.3. The van der Waals surface area contributed by atoms with E-state index >= 15 is 0 Å². The Hall–Kier alpha value is -2.33. The molecule has 2 aromatic rings. The number of amides is 1. The van der Waals surface area contributed by atoms with E-state index in [1.807, 2.05) is 0 Å². The van der Waals surface area contributed by atoms with Gasteiger partial charge in [-0.3, -0.25) is 4.79 Å². The first-order valence-corrected chi connectivity index (χ1v) is 6.68. The van der Waals surface area contributed by atoms with Gasteiger partial charge in [0.15, 0.2) is 0 Å². The van der Waals surface area contributed by atoms with Gasteiger partial charge in [-0.2, -0.15) is 0 Å². The SMILES string of the molecule is Cc1cc(Cl)ccc1C(=O)Nc1c(C)cccc1C(=O)O. The topological polar surface area (TPSA) is 66.4 Å². The number of carboxylic acid groups (broad SMARTS) is 1. The van der Waals surface area contributed by atoms with Crippen LogP contribution in [0.1, 0.15) is 31.8 Å². The Morgan fingerprint density at radius 3 is 2.38 bits per heavy atom. The van der Waals surface area contributed by atoms with Crippen LogP contribution in [0.2, 0.25) is 5.02 Å². The summed E-state index contributed by atoms with van der Waals surface area (Å²) in [6.45, 7) is 3.52. The summed E-state index contributed by atoms with van der Waals surface area (Å²) in [5.41, 5.74) is 2.25. The molecule has 0 heterocycles. The van der Waals surface area contributed by atoms with Crippen molar-refractivity contribution in [3.05, 3.63) is 63.7 Å². The highest BCUT2D eigenvalue weighted by molar-refractivity contribution is 6.30. The number of carbonyl (C=O) groups excluding carboxylic acids is 1. The number of aromatic carboxylic acids is 1. The summed E-state index contributed by atoms with van der Waals surface area (Å²) in [6, 6.07) is 9.77. The van der Waals surface area contributed by atoms with Gasteiger partial charge in [0.05, 0.1) is 11.3 Å². The standard InChI is InChI=1S/C16H14ClNO3/c1-9-4-3-5-13(16(20)21)14(9)18-15(19)12-7-6-11(17)8-10(12)2/h3-8H,1-2H3,(H,18,19)(H,20,21). The monoisotopic (exact) mass is 303 g/mol. The van der Waals surface area contributed by atoms with Crippen molar-refractivity contribution in [1.82, 2.24) is 0 Å². The Labute approximate surface area is 127 Å². The van der Waals surface area contributed by atoms with E-state index in [4.69, 9.17) is 11.6 Å². The number of carbonyl (C=O) groups is 2. The number of anilines is 1. The Bertz CT molecular complexity index is 725. The normalized spacial score (nSPS) is 10.2. The minimum absolute atomic E-state index is 0.0648. The van der Waals surface area contributed by atoms with E-state index in [2.05, 4.69) is 5.32 Å². The average molecular weight is 304 g/mol. The lowest BCUT2D eigenvalue weighted by Gasteiger charge is -2.12. The number of halogens is 1. The number of carboxylic acids is 1. The first-order valence-electron chi connectivity index (χ1n) is 6.30. The summed E-state index contributed by atoms with van der Waals surface area (Å²) in [5, 5.41) is 12.4. The molecule has 21 heavy (non-hydrogen) atoms. The third-order valence-corrected chi connectivity index (χ3v) is 3.41. The van der Waals surface area contributed by atoms with E-state index in [0.29, 0.717) is 21.8 Å². The number of rotatable bonds is 3. The van der Waals surface area contributed by atoms with Crippen LogP contribution in [0.25, 0.3) is 0 Å². The van der Waals surface area contributed by atoms with Crippen molar-refractivity contribution in [1.29, 1.82) is 0 Å². The molecular formula is C16H14ClNO3. The molecule has 0 saturated carbocycles. The fourth-order valence-electron chi connectivity index (χ4n) is 2.07. The van der Waals surface area contributed by atoms with Gasteiger partial charge in [-0.25, -0.2) is 4.79 Å². The predicted octanol–water partition coefficient (Wildman–Crippen LogP) is 3.91. The highest BCUT2D eigenvalue weighted by atomic mass is 35.5. The van der Waals surface area contributed by atoms with Crippen LogP contribution in [0.3, 0.4) is 0 Å². The second-order valence-corrected chi connectivity index (χ2v) is 5.15. The molecule has 0 radical (unpaired) electrons. The lowest BCUT2D eigenvalue weighted by Crippen LogP contribution is -2.17. The molecule has 0 aliphatic heterocycles. The number of nitrogens with one attached hydrogen (secondary N) is 1. The maximum Gasteiger partial charge on any atom is 0.337 e. The van der Waals surface area contributed by atoms with Crippen molar-refractivity contribution in [3.63, 3.8) is 0 Å². The first-order chi connectivity index (χ1) is 9.90.